The summed E-state index contributed by atoms with van der Waals surface area (Å²) in [5, 5.41) is 10.4. The molecular weight excluding hydrogens is 540 g/mol. The van der Waals surface area contributed by atoms with E-state index in [1.165, 1.54) is 24.1 Å². The second kappa shape index (κ2) is 9.84. The van der Waals surface area contributed by atoms with E-state index in [2.05, 4.69) is 20.5 Å². The third-order valence-electron chi connectivity index (χ3n) is 7.17. The Morgan fingerprint density at radius 2 is 1.80 bits per heavy atom. The number of nitrogens with zero attached hydrogens (tertiary/aromatic N) is 7. The highest BCUT2D eigenvalue weighted by atomic mass is 32.2. The van der Waals surface area contributed by atoms with Gasteiger partial charge in [-0.05, 0) is 37.8 Å². The van der Waals surface area contributed by atoms with E-state index in [0.717, 1.165) is 24.1 Å². The fraction of sp³-hybridized carbons (Fsp3) is 0.385. The molecule has 2 fully saturated rings. The van der Waals surface area contributed by atoms with E-state index in [1.807, 2.05) is 30.8 Å². The monoisotopic (exact) mass is 569 g/mol. The largest absolute Gasteiger partial charge is 0.369 e. The number of benzene rings is 1. The second-order valence-electron chi connectivity index (χ2n) is 10.4. The topological polar surface area (TPSA) is 125 Å². The number of rotatable bonds is 7. The van der Waals surface area contributed by atoms with Crippen LogP contribution in [0.3, 0.4) is 0 Å². The number of H-pyrrole nitrogens is 1. The summed E-state index contributed by atoms with van der Waals surface area (Å²) in [6.07, 6.45) is 5.45. The zero-order valence-electron chi connectivity index (χ0n) is 22.3. The van der Waals surface area contributed by atoms with Crippen molar-refractivity contribution < 1.29 is 17.2 Å². The van der Waals surface area contributed by atoms with Crippen molar-refractivity contribution in [2.24, 2.45) is 7.05 Å². The van der Waals surface area contributed by atoms with E-state index in [1.54, 1.807) is 11.2 Å². The molecule has 0 amide bonds. The van der Waals surface area contributed by atoms with Gasteiger partial charge in [0.1, 0.15) is 22.9 Å². The number of aromatic nitrogens is 6. The molecule has 1 aromatic carbocycles. The normalized spacial score (nSPS) is 16.8. The molecule has 14 heteroatoms. The van der Waals surface area contributed by atoms with E-state index in [4.69, 9.17) is 9.97 Å². The molecule has 6 rings (SSSR count). The zero-order chi connectivity index (χ0) is 28.2. The number of hydrogen-bond acceptors (Lipinski definition) is 9. The van der Waals surface area contributed by atoms with Crippen LogP contribution in [0, 0.1) is 18.6 Å². The summed E-state index contributed by atoms with van der Waals surface area (Å²) in [7, 11) is 0.233. The SMILES string of the molecule is Cc1cc(Nc2nc(N(C)c3c(F)cc(N4CCS(=O)(=O)CC4)cc3F)nc(-c3cn(C)cn3)c2C2CC2)n[nH]1. The van der Waals surface area contributed by atoms with Crippen molar-refractivity contribution in [3.63, 3.8) is 0 Å². The van der Waals surface area contributed by atoms with Gasteiger partial charge in [-0.3, -0.25) is 5.10 Å². The second-order valence-corrected chi connectivity index (χ2v) is 12.7. The fourth-order valence-electron chi connectivity index (χ4n) is 4.92. The van der Waals surface area contributed by atoms with E-state index in [9.17, 15) is 8.42 Å². The average molecular weight is 570 g/mol. The van der Waals surface area contributed by atoms with Crippen molar-refractivity contribution >= 4 is 38.8 Å². The third kappa shape index (κ3) is 5.10. The first-order valence-electron chi connectivity index (χ1n) is 13.0. The quantitative estimate of drug-likeness (QED) is 0.342. The smallest absolute Gasteiger partial charge is 0.232 e. The number of hydrogen-bond donors (Lipinski definition) is 2. The Morgan fingerprint density at radius 3 is 2.38 bits per heavy atom. The Hall–Kier alpha value is -4.07. The molecule has 1 aliphatic carbocycles. The van der Waals surface area contributed by atoms with Crippen LogP contribution in [0.4, 0.5) is 37.7 Å². The molecule has 4 aromatic rings. The van der Waals surface area contributed by atoms with Crippen LogP contribution < -0.4 is 15.1 Å². The molecular formula is C26H29F2N9O2S. The summed E-state index contributed by atoms with van der Waals surface area (Å²) >= 11 is 0. The number of aromatic amines is 1. The van der Waals surface area contributed by atoms with Crippen LogP contribution >= 0.6 is 0 Å². The number of aryl methyl sites for hydroxylation is 2. The number of sulfone groups is 1. The minimum atomic E-state index is -3.13. The van der Waals surface area contributed by atoms with Gasteiger partial charge >= 0.3 is 0 Å². The molecule has 4 heterocycles. The summed E-state index contributed by atoms with van der Waals surface area (Å²) in [5.41, 5.74) is 2.93. The van der Waals surface area contributed by atoms with Crippen LogP contribution in [0.5, 0.6) is 0 Å². The lowest BCUT2D eigenvalue weighted by Gasteiger charge is -2.29. The van der Waals surface area contributed by atoms with Crippen molar-refractivity contribution in [3.8, 4) is 11.4 Å². The van der Waals surface area contributed by atoms with Gasteiger partial charge < -0.3 is 19.7 Å². The van der Waals surface area contributed by atoms with E-state index < -0.39 is 21.5 Å². The highest BCUT2D eigenvalue weighted by Gasteiger charge is 2.34. The molecule has 40 heavy (non-hydrogen) atoms. The van der Waals surface area contributed by atoms with Gasteiger partial charge in [-0.25, -0.2) is 27.2 Å². The minimum Gasteiger partial charge on any atom is -0.369 e. The van der Waals surface area contributed by atoms with E-state index in [-0.39, 0.29) is 47.8 Å². The first-order chi connectivity index (χ1) is 19.1. The molecule has 2 N–H and O–H groups in total. The number of anilines is 5. The number of nitrogens with one attached hydrogen (secondary N) is 2. The van der Waals surface area contributed by atoms with E-state index >= 15 is 8.78 Å². The fourth-order valence-corrected chi connectivity index (χ4v) is 6.12. The number of imidazole rings is 1. The summed E-state index contributed by atoms with van der Waals surface area (Å²) in [6, 6.07) is 4.28. The van der Waals surface area contributed by atoms with Gasteiger partial charge in [-0.15, -0.1) is 0 Å². The minimum absolute atomic E-state index is 0.0549. The Balaban J connectivity index is 1.42. The van der Waals surface area contributed by atoms with Gasteiger partial charge in [0.2, 0.25) is 5.95 Å². The maximum absolute atomic E-state index is 15.5. The predicted molar refractivity (Wildman–Crippen MR) is 148 cm³/mol. The molecule has 0 unspecified atom stereocenters. The van der Waals surface area contributed by atoms with Gasteiger partial charge in [-0.2, -0.15) is 10.1 Å². The molecule has 0 bridgehead atoms. The highest BCUT2D eigenvalue weighted by molar-refractivity contribution is 7.91. The third-order valence-corrected chi connectivity index (χ3v) is 8.78. The van der Waals surface area contributed by atoms with Gasteiger partial charge in [0.25, 0.3) is 0 Å². The Labute approximate surface area is 230 Å². The molecule has 2 aliphatic rings. The first kappa shape index (κ1) is 26.2. The standard InChI is InChI=1S/C26H29F2N9O2S/c1-15-10-21(34-33-15)30-25-22(16-4-5-16)23(20-13-35(2)14-29-20)31-26(32-25)36(3)24-18(27)11-17(12-19(24)28)37-6-8-40(38,39)9-7-37/h10-14,16H,4-9H2,1-3H3,(H2,30,31,32,33,34). The summed E-state index contributed by atoms with van der Waals surface area (Å²) < 4.78 is 56.4. The Morgan fingerprint density at radius 1 is 1.10 bits per heavy atom. The summed E-state index contributed by atoms with van der Waals surface area (Å²) in [5.74, 6) is -0.367. The lowest BCUT2D eigenvalue weighted by atomic mass is 10.1. The van der Waals surface area contributed by atoms with Crippen LogP contribution in [0.25, 0.3) is 11.4 Å². The summed E-state index contributed by atoms with van der Waals surface area (Å²) in [6.45, 7) is 2.24. The number of halogens is 2. The predicted octanol–water partition coefficient (Wildman–Crippen LogP) is 3.81. The van der Waals surface area contributed by atoms with Crippen molar-refractivity contribution in [1.82, 2.24) is 29.7 Å². The Kier molecular flexibility index (Phi) is 6.44. The van der Waals surface area contributed by atoms with Crippen LogP contribution in [0.1, 0.15) is 30.0 Å². The van der Waals surface area contributed by atoms with Crippen LogP contribution in [0.2, 0.25) is 0 Å². The molecule has 1 saturated carbocycles. The molecule has 210 valence electrons. The van der Waals surface area contributed by atoms with Gasteiger partial charge in [-0.1, -0.05) is 0 Å². The van der Waals surface area contributed by atoms with Crippen LogP contribution in [-0.2, 0) is 16.9 Å². The summed E-state index contributed by atoms with van der Waals surface area (Å²) in [4.78, 5) is 16.9. The molecule has 1 saturated heterocycles. The van der Waals surface area contributed by atoms with Crippen molar-refractivity contribution in [2.45, 2.75) is 25.7 Å². The molecule has 1 aliphatic heterocycles. The van der Waals surface area contributed by atoms with Crippen LogP contribution in [0.15, 0.2) is 30.7 Å². The lowest BCUT2D eigenvalue weighted by molar-refractivity contribution is 0.578. The average Bonchev–Trinajstić information content (AvgIpc) is 3.51. The molecule has 11 nitrogen and oxygen atoms in total. The Bertz CT molecular complexity index is 1660. The lowest BCUT2D eigenvalue weighted by Crippen LogP contribution is -2.40. The van der Waals surface area contributed by atoms with Crippen molar-refractivity contribution in [1.29, 1.82) is 0 Å². The highest BCUT2D eigenvalue weighted by Crippen LogP contribution is 2.48. The van der Waals surface area contributed by atoms with Crippen LogP contribution in [-0.4, -0.2) is 69.8 Å². The van der Waals surface area contributed by atoms with Crippen molar-refractivity contribution in [3.05, 3.63) is 53.6 Å². The molecule has 3 aromatic heterocycles. The zero-order valence-corrected chi connectivity index (χ0v) is 23.1. The van der Waals surface area contributed by atoms with Crippen molar-refractivity contribution in [2.75, 3.05) is 46.8 Å². The van der Waals surface area contributed by atoms with E-state index in [0.29, 0.717) is 23.0 Å². The molecule has 0 atom stereocenters. The maximum Gasteiger partial charge on any atom is 0.232 e. The maximum atomic E-state index is 15.5. The van der Waals surface area contributed by atoms with Gasteiger partial charge in [0.15, 0.2) is 27.3 Å². The first-order valence-corrected chi connectivity index (χ1v) is 14.8. The van der Waals surface area contributed by atoms with Gasteiger partial charge in [0.05, 0.1) is 17.8 Å². The van der Waals surface area contributed by atoms with Gasteiger partial charge in [0, 0.05) is 56.4 Å². The molecule has 0 spiro atoms. The molecule has 0 radical (unpaired) electrons.